The van der Waals surface area contributed by atoms with E-state index in [0.29, 0.717) is 16.5 Å². The molecule has 1 fully saturated rings. The van der Waals surface area contributed by atoms with Crippen LogP contribution in [0.5, 0.6) is 0 Å². The summed E-state index contributed by atoms with van der Waals surface area (Å²) in [6, 6.07) is 0. The van der Waals surface area contributed by atoms with Crippen molar-refractivity contribution in [2.24, 2.45) is 0 Å². The van der Waals surface area contributed by atoms with Crippen molar-refractivity contribution < 1.29 is 0 Å². The second kappa shape index (κ2) is 6.34. The van der Waals surface area contributed by atoms with E-state index in [9.17, 15) is 0 Å². The van der Waals surface area contributed by atoms with E-state index >= 15 is 0 Å². The standard InChI is InChI=1S/C14H25ClN6/c1-10-11(15)12(19-13(16)18-10)17-9-14(20(2)3)5-7-21(4)8-6-14/h5-9H2,1-4H3,(H3,16,17,18,19). The molecule has 118 valence electrons. The molecule has 1 aromatic rings. The van der Waals surface area contributed by atoms with Crippen LogP contribution in [0.25, 0.3) is 0 Å². The SMILES string of the molecule is Cc1nc(N)nc(NCC2(N(C)C)CCN(C)CC2)c1Cl. The number of halogens is 1. The van der Waals surface area contributed by atoms with Gasteiger partial charge in [-0.1, -0.05) is 11.6 Å². The highest BCUT2D eigenvalue weighted by atomic mass is 35.5. The van der Waals surface area contributed by atoms with Gasteiger partial charge in [0.2, 0.25) is 5.95 Å². The number of nitrogens with one attached hydrogen (secondary N) is 1. The smallest absolute Gasteiger partial charge is 0.222 e. The minimum Gasteiger partial charge on any atom is -0.368 e. The topological polar surface area (TPSA) is 70.3 Å². The third-order valence-corrected chi connectivity index (χ3v) is 4.94. The van der Waals surface area contributed by atoms with Gasteiger partial charge in [-0.2, -0.15) is 4.98 Å². The zero-order chi connectivity index (χ0) is 15.6. The van der Waals surface area contributed by atoms with Crippen LogP contribution < -0.4 is 11.1 Å². The highest BCUT2D eigenvalue weighted by Gasteiger charge is 2.35. The Labute approximate surface area is 131 Å². The molecule has 2 rings (SSSR count). The molecule has 1 saturated heterocycles. The number of likely N-dealkylation sites (tertiary alicyclic amines) is 1. The van der Waals surface area contributed by atoms with E-state index in [1.165, 1.54) is 0 Å². The number of nitrogen functional groups attached to an aromatic ring is 1. The molecule has 2 heterocycles. The summed E-state index contributed by atoms with van der Waals surface area (Å²) in [5, 5.41) is 3.93. The Morgan fingerprint density at radius 2 is 1.95 bits per heavy atom. The van der Waals surface area contributed by atoms with E-state index in [0.717, 1.165) is 32.5 Å². The molecule has 0 radical (unpaired) electrons. The van der Waals surface area contributed by atoms with Gasteiger partial charge >= 0.3 is 0 Å². The minimum absolute atomic E-state index is 0.115. The van der Waals surface area contributed by atoms with Crippen LogP contribution in [0.1, 0.15) is 18.5 Å². The van der Waals surface area contributed by atoms with Crippen molar-refractivity contribution in [3.63, 3.8) is 0 Å². The first-order chi connectivity index (χ1) is 9.84. The molecule has 0 unspecified atom stereocenters. The number of aromatic nitrogens is 2. The van der Waals surface area contributed by atoms with E-state index in [1.54, 1.807) is 0 Å². The largest absolute Gasteiger partial charge is 0.368 e. The lowest BCUT2D eigenvalue weighted by Gasteiger charge is -2.45. The third-order valence-electron chi connectivity index (χ3n) is 4.49. The van der Waals surface area contributed by atoms with E-state index in [4.69, 9.17) is 17.3 Å². The number of likely N-dealkylation sites (N-methyl/N-ethyl adjacent to an activating group) is 1. The monoisotopic (exact) mass is 312 g/mol. The molecule has 0 saturated carbocycles. The summed E-state index contributed by atoms with van der Waals surface area (Å²) in [5.74, 6) is 0.878. The highest BCUT2D eigenvalue weighted by molar-refractivity contribution is 6.33. The lowest BCUT2D eigenvalue weighted by atomic mass is 9.86. The second-order valence-electron chi connectivity index (χ2n) is 6.11. The van der Waals surface area contributed by atoms with Gasteiger partial charge in [-0.25, -0.2) is 4.98 Å². The average Bonchev–Trinajstić information content (AvgIpc) is 2.43. The first-order valence-corrected chi connectivity index (χ1v) is 7.61. The van der Waals surface area contributed by atoms with Crippen LogP contribution >= 0.6 is 11.6 Å². The molecule has 3 N–H and O–H groups in total. The summed E-state index contributed by atoms with van der Waals surface area (Å²) in [4.78, 5) is 13.0. The molecule has 0 bridgehead atoms. The quantitative estimate of drug-likeness (QED) is 0.877. The fourth-order valence-electron chi connectivity index (χ4n) is 2.76. The Hall–Kier alpha value is -1.11. The van der Waals surface area contributed by atoms with Crippen molar-refractivity contribution in [1.82, 2.24) is 19.8 Å². The zero-order valence-corrected chi connectivity index (χ0v) is 14.0. The molecule has 1 aromatic heterocycles. The molecule has 1 aliphatic rings. The molecular weight excluding hydrogens is 288 g/mol. The zero-order valence-electron chi connectivity index (χ0n) is 13.3. The molecule has 0 spiro atoms. The van der Waals surface area contributed by atoms with Gasteiger partial charge in [0.25, 0.3) is 0 Å². The molecule has 7 heteroatoms. The van der Waals surface area contributed by atoms with Crippen LogP contribution in [0.15, 0.2) is 0 Å². The summed E-state index contributed by atoms with van der Waals surface area (Å²) in [5.41, 5.74) is 6.53. The van der Waals surface area contributed by atoms with Gasteiger partial charge in [0.1, 0.15) is 5.02 Å². The highest BCUT2D eigenvalue weighted by Crippen LogP contribution is 2.29. The maximum absolute atomic E-state index is 6.27. The number of piperidine rings is 1. The lowest BCUT2D eigenvalue weighted by molar-refractivity contribution is 0.0773. The summed E-state index contributed by atoms with van der Waals surface area (Å²) in [7, 11) is 6.43. The third kappa shape index (κ3) is 3.56. The van der Waals surface area contributed by atoms with Crippen molar-refractivity contribution in [2.45, 2.75) is 25.3 Å². The van der Waals surface area contributed by atoms with Crippen molar-refractivity contribution >= 4 is 23.4 Å². The lowest BCUT2D eigenvalue weighted by Crippen LogP contribution is -2.55. The van der Waals surface area contributed by atoms with Gasteiger partial charge in [0, 0.05) is 12.1 Å². The predicted molar refractivity (Wildman–Crippen MR) is 87.8 cm³/mol. The summed E-state index contributed by atoms with van der Waals surface area (Å²) in [6.45, 7) is 4.82. The Kier molecular flexibility index (Phi) is 4.91. The number of nitrogens with two attached hydrogens (primary N) is 1. The number of anilines is 2. The number of hydrogen-bond acceptors (Lipinski definition) is 6. The maximum atomic E-state index is 6.27. The van der Waals surface area contributed by atoms with E-state index in [1.807, 2.05) is 6.92 Å². The van der Waals surface area contributed by atoms with Crippen LogP contribution in [0.4, 0.5) is 11.8 Å². The Morgan fingerprint density at radius 1 is 1.33 bits per heavy atom. The first-order valence-electron chi connectivity index (χ1n) is 7.23. The fraction of sp³-hybridized carbons (Fsp3) is 0.714. The number of aryl methyl sites for hydroxylation is 1. The first kappa shape index (κ1) is 16.3. The molecule has 1 aliphatic heterocycles. The Morgan fingerprint density at radius 3 is 2.52 bits per heavy atom. The average molecular weight is 313 g/mol. The summed E-state index contributed by atoms with van der Waals surface area (Å²) < 4.78 is 0. The van der Waals surface area contributed by atoms with Crippen LogP contribution in [0, 0.1) is 6.92 Å². The molecule has 0 aromatic carbocycles. The van der Waals surface area contributed by atoms with Gasteiger partial charge in [-0.05, 0) is 54.0 Å². The number of hydrogen-bond donors (Lipinski definition) is 2. The minimum atomic E-state index is 0.115. The van der Waals surface area contributed by atoms with E-state index in [2.05, 4.69) is 46.2 Å². The summed E-state index contributed by atoms with van der Waals surface area (Å²) in [6.07, 6.45) is 2.22. The fourth-order valence-corrected chi connectivity index (χ4v) is 2.91. The van der Waals surface area contributed by atoms with Crippen LogP contribution in [-0.2, 0) is 0 Å². The van der Waals surface area contributed by atoms with E-state index < -0.39 is 0 Å². The van der Waals surface area contributed by atoms with Crippen LogP contribution in [-0.4, -0.2) is 66.1 Å². The molecule has 6 nitrogen and oxygen atoms in total. The number of nitrogens with zero attached hydrogens (tertiary/aromatic N) is 4. The van der Waals surface area contributed by atoms with Crippen molar-refractivity contribution in [3.8, 4) is 0 Å². The summed E-state index contributed by atoms with van der Waals surface area (Å²) >= 11 is 6.27. The van der Waals surface area contributed by atoms with Crippen molar-refractivity contribution in [2.75, 3.05) is 51.8 Å². The van der Waals surface area contributed by atoms with Gasteiger partial charge in [0.05, 0.1) is 5.69 Å². The van der Waals surface area contributed by atoms with Crippen molar-refractivity contribution in [1.29, 1.82) is 0 Å². The normalized spacial score (nSPS) is 19.0. The molecular formula is C14H25ClN6. The second-order valence-corrected chi connectivity index (χ2v) is 6.48. The number of rotatable bonds is 4. The molecule has 0 amide bonds. The van der Waals surface area contributed by atoms with Gasteiger partial charge in [-0.3, -0.25) is 0 Å². The van der Waals surface area contributed by atoms with Gasteiger partial charge in [-0.15, -0.1) is 0 Å². The van der Waals surface area contributed by atoms with Crippen LogP contribution in [0.3, 0.4) is 0 Å². The molecule has 0 aliphatic carbocycles. The van der Waals surface area contributed by atoms with Crippen molar-refractivity contribution in [3.05, 3.63) is 10.7 Å². The molecule has 21 heavy (non-hydrogen) atoms. The molecule has 0 atom stereocenters. The van der Waals surface area contributed by atoms with Gasteiger partial charge < -0.3 is 20.9 Å². The predicted octanol–water partition coefficient (Wildman–Crippen LogP) is 1.46. The van der Waals surface area contributed by atoms with Gasteiger partial charge in [0.15, 0.2) is 5.82 Å². The Balaban J connectivity index is 2.13. The van der Waals surface area contributed by atoms with Crippen LogP contribution in [0.2, 0.25) is 5.02 Å². The van der Waals surface area contributed by atoms with E-state index in [-0.39, 0.29) is 11.5 Å². The maximum Gasteiger partial charge on any atom is 0.222 e. The Bertz CT molecular complexity index is 496.